The van der Waals surface area contributed by atoms with Gasteiger partial charge in [-0.1, -0.05) is 44.4 Å². The van der Waals surface area contributed by atoms with Crippen molar-refractivity contribution in [2.24, 2.45) is 5.73 Å². The second-order valence-corrected chi connectivity index (χ2v) is 6.22. The predicted octanol–water partition coefficient (Wildman–Crippen LogP) is 3.74. The normalized spacial score (nSPS) is 19.5. The first-order chi connectivity index (χ1) is 10.2. The van der Waals surface area contributed by atoms with Crippen molar-refractivity contribution in [1.82, 2.24) is 4.90 Å². The summed E-state index contributed by atoms with van der Waals surface area (Å²) in [5.41, 5.74) is 7.71. The van der Waals surface area contributed by atoms with E-state index in [1.165, 1.54) is 37.7 Å². The summed E-state index contributed by atoms with van der Waals surface area (Å²) in [7, 11) is 3.98. The lowest BCUT2D eigenvalue weighted by Crippen LogP contribution is -2.44. The fourth-order valence-corrected chi connectivity index (χ4v) is 3.60. The number of nitrogens with two attached hydrogens (primary N) is 1. The summed E-state index contributed by atoms with van der Waals surface area (Å²) >= 11 is 0. The Labute approximate surface area is 129 Å². The van der Waals surface area contributed by atoms with E-state index in [1.807, 2.05) is 12.1 Å². The van der Waals surface area contributed by atoms with Gasteiger partial charge in [0.2, 0.25) is 0 Å². The summed E-state index contributed by atoms with van der Waals surface area (Å²) in [6.07, 6.45) is 7.62. The zero-order valence-electron chi connectivity index (χ0n) is 13.7. The molecule has 2 rings (SSSR count). The third-order valence-corrected chi connectivity index (χ3v) is 4.92. The highest BCUT2D eigenvalue weighted by molar-refractivity contribution is 5.37. The molecule has 0 aliphatic heterocycles. The Morgan fingerprint density at radius 2 is 1.90 bits per heavy atom. The number of ether oxygens (including phenoxy) is 1. The van der Waals surface area contributed by atoms with Gasteiger partial charge in [0.05, 0.1) is 13.2 Å². The molecule has 1 aliphatic rings. The first-order valence-corrected chi connectivity index (χ1v) is 8.29. The van der Waals surface area contributed by atoms with Crippen molar-refractivity contribution in [1.29, 1.82) is 0 Å². The zero-order valence-corrected chi connectivity index (χ0v) is 13.7. The van der Waals surface area contributed by atoms with Gasteiger partial charge < -0.3 is 10.5 Å². The minimum atomic E-state index is 0.133. The molecule has 2 N–H and O–H groups in total. The summed E-state index contributed by atoms with van der Waals surface area (Å²) in [5.74, 6) is 0.953. The molecule has 1 aliphatic carbocycles. The molecule has 0 heterocycles. The average Bonchev–Trinajstić information content (AvgIpc) is 2.56. The minimum absolute atomic E-state index is 0.133. The van der Waals surface area contributed by atoms with Crippen molar-refractivity contribution < 1.29 is 4.74 Å². The Bertz CT molecular complexity index is 429. The molecular formula is C18H30N2O. The van der Waals surface area contributed by atoms with Crippen LogP contribution in [-0.4, -0.2) is 31.1 Å². The summed E-state index contributed by atoms with van der Waals surface area (Å²) < 4.78 is 5.58. The van der Waals surface area contributed by atoms with Crippen molar-refractivity contribution in [3.8, 4) is 5.75 Å². The molecule has 0 amide bonds. The van der Waals surface area contributed by atoms with Crippen molar-refractivity contribution in [3.63, 3.8) is 0 Å². The van der Waals surface area contributed by atoms with Gasteiger partial charge in [-0.2, -0.15) is 0 Å². The molecule has 2 unspecified atom stereocenters. The third kappa shape index (κ3) is 3.78. The number of likely N-dealkylation sites (N-methyl/N-ethyl adjacent to an activating group) is 1. The Hall–Kier alpha value is -1.06. The lowest BCUT2D eigenvalue weighted by atomic mass is 9.89. The molecule has 1 aromatic carbocycles. The molecule has 3 nitrogen and oxygen atoms in total. The molecular weight excluding hydrogens is 260 g/mol. The molecule has 0 saturated heterocycles. The van der Waals surface area contributed by atoms with E-state index in [1.54, 1.807) is 7.11 Å². The number of benzene rings is 1. The van der Waals surface area contributed by atoms with Gasteiger partial charge in [0, 0.05) is 17.6 Å². The molecule has 3 heteroatoms. The van der Waals surface area contributed by atoms with E-state index in [0.717, 1.165) is 12.2 Å². The van der Waals surface area contributed by atoms with E-state index in [2.05, 4.69) is 31.0 Å². The van der Waals surface area contributed by atoms with Gasteiger partial charge in [-0.25, -0.2) is 0 Å². The molecule has 0 bridgehead atoms. The lowest BCUT2D eigenvalue weighted by Gasteiger charge is -2.40. The maximum absolute atomic E-state index is 6.48. The van der Waals surface area contributed by atoms with Crippen LogP contribution < -0.4 is 10.5 Å². The Balaban J connectivity index is 2.28. The summed E-state index contributed by atoms with van der Waals surface area (Å²) in [4.78, 5) is 2.51. The summed E-state index contributed by atoms with van der Waals surface area (Å²) in [6.45, 7) is 2.17. The molecule has 2 atom stereocenters. The Kier molecular flexibility index (Phi) is 6.07. The van der Waals surface area contributed by atoms with Gasteiger partial charge in [0.25, 0.3) is 0 Å². The largest absolute Gasteiger partial charge is 0.496 e. The van der Waals surface area contributed by atoms with Crippen LogP contribution in [0.2, 0.25) is 0 Å². The van der Waals surface area contributed by atoms with E-state index in [4.69, 9.17) is 10.5 Å². The predicted molar refractivity (Wildman–Crippen MR) is 88.6 cm³/mol. The highest BCUT2D eigenvalue weighted by atomic mass is 16.5. The van der Waals surface area contributed by atoms with Crippen molar-refractivity contribution in [2.75, 3.05) is 14.2 Å². The van der Waals surface area contributed by atoms with Gasteiger partial charge >= 0.3 is 0 Å². The first-order valence-electron chi connectivity index (χ1n) is 8.29. The maximum Gasteiger partial charge on any atom is 0.123 e. The molecule has 1 fully saturated rings. The quantitative estimate of drug-likeness (QED) is 0.867. The number of para-hydroxylation sites is 1. The van der Waals surface area contributed by atoms with Crippen LogP contribution in [0.1, 0.15) is 57.1 Å². The summed E-state index contributed by atoms with van der Waals surface area (Å²) in [5, 5.41) is 0. The monoisotopic (exact) mass is 290 g/mol. The van der Waals surface area contributed by atoms with Gasteiger partial charge in [-0.15, -0.1) is 0 Å². The van der Waals surface area contributed by atoms with E-state index >= 15 is 0 Å². The molecule has 0 aromatic heterocycles. The molecule has 1 aromatic rings. The molecule has 0 spiro atoms. The minimum Gasteiger partial charge on any atom is -0.496 e. The van der Waals surface area contributed by atoms with E-state index in [-0.39, 0.29) is 12.1 Å². The number of methoxy groups -OCH3 is 1. The summed E-state index contributed by atoms with van der Waals surface area (Å²) in [6, 6.07) is 9.32. The fourth-order valence-electron chi connectivity index (χ4n) is 3.60. The maximum atomic E-state index is 6.48. The van der Waals surface area contributed by atoms with Crippen LogP contribution >= 0.6 is 0 Å². The molecule has 1 saturated carbocycles. The fraction of sp³-hybridized carbons (Fsp3) is 0.667. The van der Waals surface area contributed by atoms with Gasteiger partial charge in [0.1, 0.15) is 5.75 Å². The van der Waals surface area contributed by atoms with Crippen LogP contribution in [0.4, 0.5) is 0 Å². The van der Waals surface area contributed by atoms with Crippen molar-refractivity contribution in [3.05, 3.63) is 29.8 Å². The zero-order chi connectivity index (χ0) is 15.2. The van der Waals surface area contributed by atoms with Crippen LogP contribution in [0, 0.1) is 0 Å². The van der Waals surface area contributed by atoms with E-state index in [9.17, 15) is 0 Å². The molecule has 118 valence electrons. The molecule has 21 heavy (non-hydrogen) atoms. The second-order valence-electron chi connectivity index (χ2n) is 6.22. The average molecular weight is 290 g/mol. The number of nitrogens with zero attached hydrogens (tertiary/aromatic N) is 1. The first kappa shape index (κ1) is 16.3. The van der Waals surface area contributed by atoms with Crippen LogP contribution in [-0.2, 0) is 0 Å². The third-order valence-electron chi connectivity index (χ3n) is 4.92. The number of hydrogen-bond donors (Lipinski definition) is 1. The lowest BCUT2D eigenvalue weighted by molar-refractivity contribution is 0.116. The smallest absolute Gasteiger partial charge is 0.123 e. The van der Waals surface area contributed by atoms with E-state index < -0.39 is 0 Å². The van der Waals surface area contributed by atoms with Crippen LogP contribution in [0.3, 0.4) is 0 Å². The number of rotatable bonds is 6. The number of hydrogen-bond acceptors (Lipinski definition) is 3. The van der Waals surface area contributed by atoms with Crippen molar-refractivity contribution in [2.45, 2.75) is 63.6 Å². The Morgan fingerprint density at radius 1 is 1.24 bits per heavy atom. The second kappa shape index (κ2) is 7.81. The van der Waals surface area contributed by atoms with Crippen LogP contribution in [0.15, 0.2) is 24.3 Å². The van der Waals surface area contributed by atoms with E-state index in [0.29, 0.717) is 6.04 Å². The standard InChI is InChI=1S/C18H30N2O/c1-4-16(19)18(15-12-8-9-13-17(15)21-3)20(2)14-10-6-5-7-11-14/h8-9,12-14,16,18H,4-7,10-11,19H2,1-3H3. The van der Waals surface area contributed by atoms with Crippen LogP contribution in [0.25, 0.3) is 0 Å². The highest BCUT2D eigenvalue weighted by Crippen LogP contribution is 2.35. The SMILES string of the molecule is CCC(N)C(c1ccccc1OC)N(C)C1CCCCC1. The van der Waals surface area contributed by atoms with Crippen molar-refractivity contribution >= 4 is 0 Å². The molecule has 0 radical (unpaired) electrons. The van der Waals surface area contributed by atoms with Crippen LogP contribution in [0.5, 0.6) is 5.75 Å². The topological polar surface area (TPSA) is 38.5 Å². The highest BCUT2D eigenvalue weighted by Gasteiger charge is 2.30. The van der Waals surface area contributed by atoms with Gasteiger partial charge in [0.15, 0.2) is 0 Å². The van der Waals surface area contributed by atoms with Gasteiger partial charge in [-0.3, -0.25) is 4.90 Å². The van der Waals surface area contributed by atoms with Gasteiger partial charge in [-0.05, 0) is 32.4 Å². The Morgan fingerprint density at radius 3 is 2.52 bits per heavy atom.